The molecule has 0 bridgehead atoms. The molecule has 0 saturated heterocycles. The van der Waals surface area contributed by atoms with E-state index < -0.39 is 0 Å². The van der Waals surface area contributed by atoms with Gasteiger partial charge in [-0.1, -0.05) is 38.3 Å². The van der Waals surface area contributed by atoms with E-state index in [0.717, 1.165) is 18.0 Å². The van der Waals surface area contributed by atoms with Crippen LogP contribution in [0.15, 0.2) is 12.1 Å². The quantitative estimate of drug-likeness (QED) is 0.601. The van der Waals surface area contributed by atoms with Gasteiger partial charge in [-0.15, -0.1) is 0 Å². The average molecular weight is 268 g/mol. The molecule has 0 radical (unpaired) electrons. The number of nitrogens with zero attached hydrogens (tertiary/aromatic N) is 1. The van der Waals surface area contributed by atoms with Crippen molar-refractivity contribution in [1.29, 1.82) is 0 Å². The van der Waals surface area contributed by atoms with Gasteiger partial charge in [0.2, 0.25) is 0 Å². The lowest BCUT2D eigenvalue weighted by Gasteiger charge is -2.08. The smallest absolute Gasteiger partial charge is 0.338 e. The standard InChI is InChI=1S/C14H18ClNO2/c1-9(2)12-7-11(8-13(15)16-12)14(17)18-6-5-10-3-4-10/h7-10H,3-6H2,1-2H3. The Morgan fingerprint density at radius 2 is 2.22 bits per heavy atom. The van der Waals surface area contributed by atoms with Crippen molar-refractivity contribution in [1.82, 2.24) is 4.98 Å². The first-order valence-electron chi connectivity index (χ1n) is 6.41. The van der Waals surface area contributed by atoms with E-state index >= 15 is 0 Å². The molecule has 0 aromatic carbocycles. The Morgan fingerprint density at radius 1 is 1.50 bits per heavy atom. The summed E-state index contributed by atoms with van der Waals surface area (Å²) >= 11 is 5.91. The minimum Gasteiger partial charge on any atom is -0.462 e. The summed E-state index contributed by atoms with van der Waals surface area (Å²) < 4.78 is 5.24. The fourth-order valence-corrected chi connectivity index (χ4v) is 1.95. The number of aromatic nitrogens is 1. The molecule has 98 valence electrons. The summed E-state index contributed by atoms with van der Waals surface area (Å²) in [5.41, 5.74) is 1.31. The number of hydrogen-bond acceptors (Lipinski definition) is 3. The van der Waals surface area contributed by atoms with E-state index in [9.17, 15) is 4.79 Å². The summed E-state index contributed by atoms with van der Waals surface area (Å²) in [7, 11) is 0. The maximum atomic E-state index is 11.9. The predicted molar refractivity (Wildman–Crippen MR) is 71.0 cm³/mol. The van der Waals surface area contributed by atoms with Crippen LogP contribution in [0.4, 0.5) is 0 Å². The number of carbonyl (C=O) groups is 1. The van der Waals surface area contributed by atoms with Crippen molar-refractivity contribution in [2.45, 2.75) is 39.0 Å². The summed E-state index contributed by atoms with van der Waals surface area (Å²) in [6.07, 6.45) is 3.52. The van der Waals surface area contributed by atoms with Gasteiger partial charge in [-0.25, -0.2) is 9.78 Å². The molecule has 0 N–H and O–H groups in total. The number of pyridine rings is 1. The van der Waals surface area contributed by atoms with E-state index in [1.165, 1.54) is 12.8 Å². The minimum atomic E-state index is -0.304. The maximum Gasteiger partial charge on any atom is 0.338 e. The zero-order valence-electron chi connectivity index (χ0n) is 10.8. The van der Waals surface area contributed by atoms with Gasteiger partial charge in [0.1, 0.15) is 5.15 Å². The van der Waals surface area contributed by atoms with Crippen LogP contribution >= 0.6 is 11.6 Å². The average Bonchev–Trinajstić information content (AvgIpc) is 3.12. The lowest BCUT2D eigenvalue weighted by atomic mass is 10.1. The van der Waals surface area contributed by atoms with Crippen molar-refractivity contribution in [2.75, 3.05) is 6.61 Å². The monoisotopic (exact) mass is 267 g/mol. The SMILES string of the molecule is CC(C)c1cc(C(=O)OCCC2CC2)cc(Cl)n1. The highest BCUT2D eigenvalue weighted by Crippen LogP contribution is 2.32. The molecule has 1 saturated carbocycles. The number of rotatable bonds is 5. The Morgan fingerprint density at radius 3 is 2.83 bits per heavy atom. The molecule has 1 aromatic heterocycles. The zero-order valence-corrected chi connectivity index (χ0v) is 11.5. The van der Waals surface area contributed by atoms with Crippen LogP contribution in [0.5, 0.6) is 0 Å². The molecule has 1 aliphatic carbocycles. The Kier molecular flexibility index (Phi) is 4.23. The highest BCUT2D eigenvalue weighted by molar-refractivity contribution is 6.29. The Labute approximate surface area is 113 Å². The topological polar surface area (TPSA) is 39.2 Å². The maximum absolute atomic E-state index is 11.9. The van der Waals surface area contributed by atoms with E-state index in [0.29, 0.717) is 17.3 Å². The van der Waals surface area contributed by atoms with Crippen molar-refractivity contribution >= 4 is 17.6 Å². The van der Waals surface area contributed by atoms with Crippen LogP contribution < -0.4 is 0 Å². The van der Waals surface area contributed by atoms with Crippen molar-refractivity contribution in [3.05, 3.63) is 28.5 Å². The highest BCUT2D eigenvalue weighted by Gasteiger charge is 2.21. The van der Waals surface area contributed by atoms with Crippen molar-refractivity contribution in [3.63, 3.8) is 0 Å². The number of halogens is 1. The van der Waals surface area contributed by atoms with Crippen LogP contribution in [0.1, 0.15) is 55.1 Å². The van der Waals surface area contributed by atoms with E-state index in [1.807, 2.05) is 13.8 Å². The third-order valence-electron chi connectivity index (χ3n) is 3.10. The van der Waals surface area contributed by atoms with Gasteiger partial charge in [0.15, 0.2) is 0 Å². The lowest BCUT2D eigenvalue weighted by molar-refractivity contribution is 0.0494. The predicted octanol–water partition coefficient (Wildman–Crippen LogP) is 3.82. The molecule has 3 nitrogen and oxygen atoms in total. The Hall–Kier alpha value is -1.09. The molecule has 0 spiro atoms. The number of carbonyl (C=O) groups excluding carboxylic acids is 1. The Bertz CT molecular complexity index is 441. The van der Waals surface area contributed by atoms with Crippen LogP contribution in [0.25, 0.3) is 0 Å². The second-order valence-corrected chi connectivity index (χ2v) is 5.51. The van der Waals surface area contributed by atoms with Crippen LogP contribution in [-0.4, -0.2) is 17.6 Å². The van der Waals surface area contributed by atoms with Gasteiger partial charge in [0.05, 0.1) is 12.2 Å². The summed E-state index contributed by atoms with van der Waals surface area (Å²) in [6.45, 7) is 4.53. The lowest BCUT2D eigenvalue weighted by Crippen LogP contribution is -2.08. The fourth-order valence-electron chi connectivity index (χ4n) is 1.74. The molecule has 0 aliphatic heterocycles. The first kappa shape index (κ1) is 13.3. The molecule has 1 fully saturated rings. The van der Waals surface area contributed by atoms with Gasteiger partial charge in [-0.2, -0.15) is 0 Å². The molecule has 0 atom stereocenters. The van der Waals surface area contributed by atoms with Crippen LogP contribution in [0, 0.1) is 5.92 Å². The van der Waals surface area contributed by atoms with Crippen molar-refractivity contribution in [2.24, 2.45) is 5.92 Å². The van der Waals surface area contributed by atoms with Gasteiger partial charge in [-0.3, -0.25) is 0 Å². The summed E-state index contributed by atoms with van der Waals surface area (Å²) in [6, 6.07) is 3.32. The van der Waals surface area contributed by atoms with E-state index in [4.69, 9.17) is 16.3 Å². The molecule has 18 heavy (non-hydrogen) atoms. The highest BCUT2D eigenvalue weighted by atomic mass is 35.5. The molecule has 1 aliphatic rings. The van der Waals surface area contributed by atoms with Crippen LogP contribution in [0.3, 0.4) is 0 Å². The molecular weight excluding hydrogens is 250 g/mol. The summed E-state index contributed by atoms with van der Waals surface area (Å²) in [5, 5.41) is 0.343. The van der Waals surface area contributed by atoms with E-state index in [2.05, 4.69) is 4.98 Å². The molecule has 2 rings (SSSR count). The van der Waals surface area contributed by atoms with Crippen LogP contribution in [0.2, 0.25) is 5.15 Å². The van der Waals surface area contributed by atoms with E-state index in [-0.39, 0.29) is 11.9 Å². The van der Waals surface area contributed by atoms with Gasteiger partial charge in [-0.05, 0) is 30.4 Å². The second-order valence-electron chi connectivity index (χ2n) is 5.13. The number of hydrogen-bond donors (Lipinski definition) is 0. The molecule has 4 heteroatoms. The molecule has 0 unspecified atom stereocenters. The van der Waals surface area contributed by atoms with E-state index in [1.54, 1.807) is 12.1 Å². The third-order valence-corrected chi connectivity index (χ3v) is 3.29. The van der Waals surface area contributed by atoms with Gasteiger partial charge < -0.3 is 4.74 Å². The van der Waals surface area contributed by atoms with Gasteiger partial charge >= 0.3 is 5.97 Å². The normalized spacial score (nSPS) is 14.9. The van der Waals surface area contributed by atoms with Crippen molar-refractivity contribution < 1.29 is 9.53 Å². The van der Waals surface area contributed by atoms with Crippen molar-refractivity contribution in [3.8, 4) is 0 Å². The van der Waals surface area contributed by atoms with Crippen LogP contribution in [-0.2, 0) is 4.74 Å². The molecule has 1 heterocycles. The Balaban J connectivity index is 1.99. The summed E-state index contributed by atoms with van der Waals surface area (Å²) in [4.78, 5) is 16.1. The first-order chi connectivity index (χ1) is 8.56. The number of esters is 1. The largest absolute Gasteiger partial charge is 0.462 e. The molecule has 0 amide bonds. The minimum absolute atomic E-state index is 0.238. The zero-order chi connectivity index (χ0) is 13.1. The molecular formula is C14H18ClNO2. The first-order valence-corrected chi connectivity index (χ1v) is 6.78. The van der Waals surface area contributed by atoms with Gasteiger partial charge in [0.25, 0.3) is 0 Å². The second kappa shape index (κ2) is 5.70. The third kappa shape index (κ3) is 3.70. The molecule has 1 aromatic rings. The summed E-state index contributed by atoms with van der Waals surface area (Å²) in [5.74, 6) is 0.702. The number of ether oxygens (including phenoxy) is 1. The fraction of sp³-hybridized carbons (Fsp3) is 0.571. The van der Waals surface area contributed by atoms with Gasteiger partial charge in [0, 0.05) is 5.69 Å².